The maximum Gasteiger partial charge on any atom is 0.167 e. The van der Waals surface area contributed by atoms with Crippen LogP contribution in [-0.4, -0.2) is 16.3 Å². The van der Waals surface area contributed by atoms with Crippen LogP contribution in [0.5, 0.6) is 0 Å². The van der Waals surface area contributed by atoms with Gasteiger partial charge in [-0.3, -0.25) is 0 Å². The minimum atomic E-state index is 0.507. The van der Waals surface area contributed by atoms with Crippen LogP contribution in [0.2, 0.25) is 5.02 Å². The molecule has 0 spiro atoms. The average molecular weight is 259 g/mol. The molecule has 2 aromatic rings. The average Bonchev–Trinajstić information content (AvgIpc) is 2.79. The fourth-order valence-electron chi connectivity index (χ4n) is 2.23. The molecule has 0 fully saturated rings. The number of nitrogens with one attached hydrogen (secondary N) is 1. The van der Waals surface area contributed by atoms with E-state index in [9.17, 15) is 0 Å². The van der Waals surface area contributed by atoms with E-state index in [-0.39, 0.29) is 0 Å². The maximum atomic E-state index is 9.12. The largest absolute Gasteiger partial charge is 0.312 e. The summed E-state index contributed by atoms with van der Waals surface area (Å²) in [6.07, 6.45) is 0.882. The molecule has 1 aliphatic rings. The lowest BCUT2D eigenvalue weighted by Crippen LogP contribution is -2.24. The second-order valence-electron chi connectivity index (χ2n) is 4.20. The first-order valence-corrected chi connectivity index (χ1v) is 6.15. The Morgan fingerprint density at radius 3 is 2.83 bits per heavy atom. The molecule has 0 amide bonds. The first-order chi connectivity index (χ1) is 8.79. The number of benzene rings is 1. The fraction of sp³-hybridized carbons (Fsp3) is 0.231. The van der Waals surface area contributed by atoms with Gasteiger partial charge in [0.15, 0.2) is 5.69 Å². The van der Waals surface area contributed by atoms with Crippen molar-refractivity contribution in [1.29, 1.82) is 5.26 Å². The quantitative estimate of drug-likeness (QED) is 0.852. The first kappa shape index (κ1) is 11.3. The Morgan fingerprint density at radius 1 is 1.33 bits per heavy atom. The van der Waals surface area contributed by atoms with Crippen LogP contribution in [0.4, 0.5) is 0 Å². The number of hydrogen-bond acceptors (Lipinski definition) is 3. The van der Waals surface area contributed by atoms with Crippen LogP contribution in [0.3, 0.4) is 0 Å². The number of fused-ring (bicyclic) bond motifs is 1. The molecule has 0 radical (unpaired) electrons. The zero-order valence-electron chi connectivity index (χ0n) is 9.65. The van der Waals surface area contributed by atoms with Gasteiger partial charge in [0, 0.05) is 30.1 Å². The van der Waals surface area contributed by atoms with Crippen LogP contribution >= 0.6 is 11.6 Å². The molecule has 4 nitrogen and oxygen atoms in total. The zero-order chi connectivity index (χ0) is 12.5. The molecule has 2 heterocycles. The molecule has 5 heteroatoms. The van der Waals surface area contributed by atoms with Crippen molar-refractivity contribution in [2.24, 2.45) is 0 Å². The molecule has 0 bridgehead atoms. The Bertz CT molecular complexity index is 622. The molecule has 1 aliphatic heterocycles. The van der Waals surface area contributed by atoms with E-state index in [1.165, 1.54) is 0 Å². The third-order valence-electron chi connectivity index (χ3n) is 3.11. The van der Waals surface area contributed by atoms with Crippen molar-refractivity contribution in [1.82, 2.24) is 15.1 Å². The summed E-state index contributed by atoms with van der Waals surface area (Å²) in [6.45, 7) is 1.63. The summed E-state index contributed by atoms with van der Waals surface area (Å²) in [5.41, 5.74) is 3.58. The first-order valence-electron chi connectivity index (χ1n) is 5.77. The van der Waals surface area contributed by atoms with E-state index in [1.54, 1.807) is 0 Å². The predicted octanol–water partition coefficient (Wildman–Crippen LogP) is 2.04. The zero-order valence-corrected chi connectivity index (χ0v) is 10.4. The lowest BCUT2D eigenvalue weighted by molar-refractivity contribution is 0.622. The minimum absolute atomic E-state index is 0.507. The van der Waals surface area contributed by atoms with Crippen molar-refractivity contribution in [3.63, 3.8) is 0 Å². The highest BCUT2D eigenvalue weighted by molar-refractivity contribution is 6.30. The van der Waals surface area contributed by atoms with Crippen LogP contribution in [0, 0.1) is 11.3 Å². The summed E-state index contributed by atoms with van der Waals surface area (Å²) < 4.78 is 1.85. The fourth-order valence-corrected chi connectivity index (χ4v) is 2.36. The predicted molar refractivity (Wildman–Crippen MR) is 68.7 cm³/mol. The highest BCUT2D eigenvalue weighted by Gasteiger charge is 2.20. The Kier molecular flexibility index (Phi) is 2.78. The van der Waals surface area contributed by atoms with Gasteiger partial charge in [0.05, 0.1) is 11.4 Å². The maximum absolute atomic E-state index is 9.12. The van der Waals surface area contributed by atoms with E-state index in [1.807, 2.05) is 28.9 Å². The molecule has 3 rings (SSSR count). The van der Waals surface area contributed by atoms with Crippen LogP contribution in [0.25, 0.3) is 5.69 Å². The second kappa shape index (κ2) is 4.45. The summed E-state index contributed by atoms with van der Waals surface area (Å²) in [5.74, 6) is 0. The smallest absolute Gasteiger partial charge is 0.167 e. The molecule has 1 aromatic heterocycles. The Morgan fingerprint density at radius 2 is 2.11 bits per heavy atom. The summed E-state index contributed by atoms with van der Waals surface area (Å²) in [4.78, 5) is 0. The van der Waals surface area contributed by atoms with E-state index < -0.39 is 0 Å². The highest BCUT2D eigenvalue weighted by atomic mass is 35.5. The van der Waals surface area contributed by atoms with Crippen molar-refractivity contribution in [3.05, 3.63) is 46.2 Å². The number of aromatic nitrogens is 2. The van der Waals surface area contributed by atoms with Crippen molar-refractivity contribution < 1.29 is 0 Å². The second-order valence-corrected chi connectivity index (χ2v) is 4.64. The summed E-state index contributed by atoms with van der Waals surface area (Å²) in [7, 11) is 0. The van der Waals surface area contributed by atoms with Gasteiger partial charge >= 0.3 is 0 Å². The van der Waals surface area contributed by atoms with Gasteiger partial charge in [-0.05, 0) is 24.3 Å². The van der Waals surface area contributed by atoms with Crippen LogP contribution in [-0.2, 0) is 13.0 Å². The molecule has 18 heavy (non-hydrogen) atoms. The number of rotatable bonds is 1. The lowest BCUT2D eigenvalue weighted by Gasteiger charge is -2.15. The molecule has 90 valence electrons. The minimum Gasteiger partial charge on any atom is -0.312 e. The SMILES string of the molecule is N#Cc1nn(-c2ccc(Cl)cc2)c2c1CNCC2. The highest BCUT2D eigenvalue weighted by Crippen LogP contribution is 2.22. The number of nitrogens with zero attached hydrogens (tertiary/aromatic N) is 3. The summed E-state index contributed by atoms with van der Waals surface area (Å²) in [6, 6.07) is 9.65. The Balaban J connectivity index is 2.15. The van der Waals surface area contributed by atoms with Crippen molar-refractivity contribution in [2.45, 2.75) is 13.0 Å². The Hall–Kier alpha value is -1.83. The standard InChI is InChI=1S/C13H11ClN4/c14-9-1-3-10(4-2-9)18-13-5-6-16-8-11(13)12(7-15)17-18/h1-4,16H,5-6,8H2. The molecular formula is C13H11ClN4. The number of halogens is 1. The lowest BCUT2D eigenvalue weighted by atomic mass is 10.1. The summed E-state index contributed by atoms with van der Waals surface area (Å²) >= 11 is 5.88. The molecule has 0 saturated carbocycles. The van der Waals surface area contributed by atoms with Crippen molar-refractivity contribution in [3.8, 4) is 11.8 Å². The van der Waals surface area contributed by atoms with Gasteiger partial charge in [-0.25, -0.2) is 4.68 Å². The third-order valence-corrected chi connectivity index (χ3v) is 3.36. The third kappa shape index (κ3) is 1.78. The van der Waals surface area contributed by atoms with Gasteiger partial charge in [-0.1, -0.05) is 11.6 Å². The monoisotopic (exact) mass is 258 g/mol. The van der Waals surface area contributed by atoms with E-state index in [0.29, 0.717) is 17.3 Å². The molecule has 1 N–H and O–H groups in total. The van der Waals surface area contributed by atoms with Gasteiger partial charge in [-0.15, -0.1) is 0 Å². The van der Waals surface area contributed by atoms with Crippen LogP contribution in [0.15, 0.2) is 24.3 Å². The van der Waals surface area contributed by atoms with Crippen molar-refractivity contribution in [2.75, 3.05) is 6.54 Å². The number of hydrogen-bond donors (Lipinski definition) is 1. The molecular weight excluding hydrogens is 248 g/mol. The van der Waals surface area contributed by atoms with Crippen LogP contribution in [0.1, 0.15) is 17.0 Å². The summed E-state index contributed by atoms with van der Waals surface area (Å²) in [5, 5.41) is 17.5. The molecule has 0 atom stereocenters. The van der Waals surface area contributed by atoms with E-state index in [2.05, 4.69) is 16.5 Å². The number of nitriles is 1. The van der Waals surface area contributed by atoms with Gasteiger partial charge in [0.25, 0.3) is 0 Å². The molecule has 0 unspecified atom stereocenters. The Labute approximate surface area is 110 Å². The van der Waals surface area contributed by atoms with E-state index >= 15 is 0 Å². The molecule has 1 aromatic carbocycles. The molecule has 0 aliphatic carbocycles. The van der Waals surface area contributed by atoms with Crippen LogP contribution < -0.4 is 5.32 Å². The van der Waals surface area contributed by atoms with E-state index in [0.717, 1.165) is 29.9 Å². The van der Waals surface area contributed by atoms with Gasteiger partial charge in [0.1, 0.15) is 6.07 Å². The van der Waals surface area contributed by atoms with Gasteiger partial charge < -0.3 is 5.32 Å². The van der Waals surface area contributed by atoms with Gasteiger partial charge in [-0.2, -0.15) is 10.4 Å². The van der Waals surface area contributed by atoms with Crippen molar-refractivity contribution >= 4 is 11.6 Å². The molecule has 0 saturated heterocycles. The topological polar surface area (TPSA) is 53.6 Å². The normalized spacial score (nSPS) is 14.0. The van der Waals surface area contributed by atoms with Gasteiger partial charge in [0.2, 0.25) is 0 Å². The van der Waals surface area contributed by atoms with E-state index in [4.69, 9.17) is 16.9 Å².